The first-order valence-corrected chi connectivity index (χ1v) is 8.34. The maximum Gasteiger partial charge on any atom is 0.293 e. The van der Waals surface area contributed by atoms with Crippen molar-refractivity contribution in [2.45, 2.75) is 19.9 Å². The number of ketones is 1. The Balaban J connectivity index is 1.97. The third kappa shape index (κ3) is 2.96. The lowest BCUT2D eigenvalue weighted by molar-refractivity contribution is -0.121. The summed E-state index contributed by atoms with van der Waals surface area (Å²) in [5.74, 6) is 0.349. The molecule has 2 heterocycles. The summed E-state index contributed by atoms with van der Waals surface area (Å²) >= 11 is 0. The molecular formula is C19H20N2O5. The Morgan fingerprint density at radius 2 is 2.08 bits per heavy atom. The zero-order chi connectivity index (χ0) is 18.8. The van der Waals surface area contributed by atoms with Crippen LogP contribution in [0.15, 0.2) is 41.3 Å². The van der Waals surface area contributed by atoms with Crippen LogP contribution < -0.4 is 19.9 Å². The van der Waals surface area contributed by atoms with Gasteiger partial charge in [0, 0.05) is 18.3 Å². The number of likely N-dealkylation sites (N-methyl/N-ethyl adjacent to an activating group) is 1. The van der Waals surface area contributed by atoms with Crippen LogP contribution in [-0.4, -0.2) is 36.5 Å². The molecule has 1 atom stereocenters. The predicted octanol–water partition coefficient (Wildman–Crippen LogP) is 2.05. The largest absolute Gasteiger partial charge is 0.491 e. The number of pyridine rings is 1. The molecule has 0 spiro atoms. The summed E-state index contributed by atoms with van der Waals surface area (Å²) in [5, 5.41) is 0. The molecule has 1 aliphatic heterocycles. The van der Waals surface area contributed by atoms with Gasteiger partial charge < -0.3 is 18.9 Å². The number of carbonyl (C=O) groups excluding carboxylic acids is 2. The van der Waals surface area contributed by atoms with E-state index >= 15 is 0 Å². The topological polar surface area (TPSA) is 77.8 Å². The van der Waals surface area contributed by atoms with Gasteiger partial charge in [0.15, 0.2) is 18.1 Å². The lowest BCUT2D eigenvalue weighted by atomic mass is 10.0. The van der Waals surface area contributed by atoms with E-state index in [9.17, 15) is 14.4 Å². The quantitative estimate of drug-likeness (QED) is 0.766. The van der Waals surface area contributed by atoms with Crippen molar-refractivity contribution in [2.24, 2.45) is 0 Å². The third-order valence-corrected chi connectivity index (χ3v) is 4.46. The van der Waals surface area contributed by atoms with Crippen LogP contribution in [0, 0.1) is 0 Å². The molecule has 26 heavy (non-hydrogen) atoms. The van der Waals surface area contributed by atoms with E-state index in [1.807, 2.05) is 6.92 Å². The summed E-state index contributed by atoms with van der Waals surface area (Å²) in [4.78, 5) is 38.9. The van der Waals surface area contributed by atoms with E-state index < -0.39 is 6.04 Å². The molecule has 0 saturated heterocycles. The number of methoxy groups -OCH3 is 1. The maximum atomic E-state index is 12.9. The minimum Gasteiger partial charge on any atom is -0.491 e. The molecule has 1 unspecified atom stereocenters. The number of amides is 1. The number of nitrogens with zero attached hydrogens (tertiary/aromatic N) is 2. The molecule has 1 aliphatic rings. The molecule has 1 aromatic carbocycles. The number of Topliss-reactive ketones (excluding diaryl/α,β-unsaturated/α-hetero) is 1. The molecule has 3 rings (SSSR count). The highest BCUT2D eigenvalue weighted by atomic mass is 16.5. The molecule has 2 aromatic rings. The summed E-state index contributed by atoms with van der Waals surface area (Å²) in [5.41, 5.74) is 0.602. The van der Waals surface area contributed by atoms with E-state index in [1.54, 1.807) is 48.4 Å². The van der Waals surface area contributed by atoms with Crippen molar-refractivity contribution < 1.29 is 19.1 Å². The minimum atomic E-state index is -0.717. The Morgan fingerprint density at radius 3 is 2.77 bits per heavy atom. The minimum absolute atomic E-state index is 0.0102. The number of fused-ring (bicyclic) bond motifs is 1. The summed E-state index contributed by atoms with van der Waals surface area (Å²) < 4.78 is 11.8. The number of anilines is 1. The van der Waals surface area contributed by atoms with E-state index in [-0.39, 0.29) is 29.6 Å². The van der Waals surface area contributed by atoms with Gasteiger partial charge in [0.2, 0.25) is 0 Å². The van der Waals surface area contributed by atoms with Crippen LogP contribution in [0.5, 0.6) is 11.5 Å². The normalized spacial score (nSPS) is 14.4. The van der Waals surface area contributed by atoms with E-state index in [1.165, 1.54) is 11.7 Å². The van der Waals surface area contributed by atoms with Crippen LogP contribution >= 0.6 is 0 Å². The van der Waals surface area contributed by atoms with Crippen LogP contribution in [0.3, 0.4) is 0 Å². The molecule has 1 aromatic heterocycles. The Morgan fingerprint density at radius 1 is 1.31 bits per heavy atom. The van der Waals surface area contributed by atoms with E-state index in [2.05, 4.69) is 0 Å². The summed E-state index contributed by atoms with van der Waals surface area (Å²) in [6.45, 7) is 3.99. The van der Waals surface area contributed by atoms with Crippen molar-refractivity contribution in [3.8, 4) is 11.5 Å². The van der Waals surface area contributed by atoms with Crippen molar-refractivity contribution >= 4 is 17.4 Å². The van der Waals surface area contributed by atoms with Crippen LogP contribution in [0.1, 0.15) is 30.2 Å². The molecule has 0 radical (unpaired) electrons. The molecule has 0 bridgehead atoms. The molecule has 7 nitrogen and oxygen atoms in total. The lowest BCUT2D eigenvalue weighted by Crippen LogP contribution is -2.38. The number of hydrogen-bond donors (Lipinski definition) is 0. The fraction of sp³-hybridized carbons (Fsp3) is 0.316. The number of benzene rings is 1. The van der Waals surface area contributed by atoms with Gasteiger partial charge in [0.05, 0.1) is 18.8 Å². The summed E-state index contributed by atoms with van der Waals surface area (Å²) in [6, 6.07) is 7.45. The number of carbonyl (C=O) groups is 2. The van der Waals surface area contributed by atoms with Crippen LogP contribution in [0.25, 0.3) is 0 Å². The molecule has 136 valence electrons. The second-order valence-electron chi connectivity index (χ2n) is 5.94. The molecule has 0 aliphatic carbocycles. The van der Waals surface area contributed by atoms with Gasteiger partial charge in [0.25, 0.3) is 11.5 Å². The van der Waals surface area contributed by atoms with Crippen molar-refractivity contribution in [2.75, 3.05) is 25.2 Å². The van der Waals surface area contributed by atoms with E-state index in [4.69, 9.17) is 9.47 Å². The first-order valence-electron chi connectivity index (χ1n) is 8.34. The van der Waals surface area contributed by atoms with Crippen molar-refractivity contribution in [1.29, 1.82) is 0 Å². The van der Waals surface area contributed by atoms with Gasteiger partial charge >= 0.3 is 0 Å². The SMILES string of the molecule is CCN1C(=O)COc2ccc(C(=O)C(C)n3cccc(OC)c3=O)cc21. The highest BCUT2D eigenvalue weighted by Gasteiger charge is 2.27. The fourth-order valence-electron chi connectivity index (χ4n) is 3.02. The lowest BCUT2D eigenvalue weighted by Gasteiger charge is -2.28. The Bertz CT molecular complexity index is 918. The third-order valence-electron chi connectivity index (χ3n) is 4.46. The van der Waals surface area contributed by atoms with E-state index in [0.29, 0.717) is 23.5 Å². The zero-order valence-electron chi connectivity index (χ0n) is 14.9. The van der Waals surface area contributed by atoms with Crippen molar-refractivity contribution in [3.05, 3.63) is 52.4 Å². The molecule has 0 fully saturated rings. The van der Waals surface area contributed by atoms with Crippen molar-refractivity contribution in [1.82, 2.24) is 4.57 Å². The molecule has 7 heteroatoms. The van der Waals surface area contributed by atoms with Gasteiger partial charge in [-0.15, -0.1) is 0 Å². The average molecular weight is 356 g/mol. The van der Waals surface area contributed by atoms with Crippen molar-refractivity contribution in [3.63, 3.8) is 0 Å². The Labute approximate surface area is 150 Å². The average Bonchev–Trinajstić information content (AvgIpc) is 2.66. The molecule has 1 amide bonds. The Hall–Kier alpha value is -3.09. The Kier molecular flexibility index (Phi) is 4.79. The predicted molar refractivity (Wildman–Crippen MR) is 96.3 cm³/mol. The number of aromatic nitrogens is 1. The highest BCUT2D eigenvalue weighted by Crippen LogP contribution is 2.33. The van der Waals surface area contributed by atoms with E-state index in [0.717, 1.165) is 0 Å². The van der Waals surface area contributed by atoms with Gasteiger partial charge in [-0.05, 0) is 44.2 Å². The number of ether oxygens (including phenoxy) is 2. The monoisotopic (exact) mass is 356 g/mol. The molecular weight excluding hydrogens is 336 g/mol. The second-order valence-corrected chi connectivity index (χ2v) is 5.94. The first-order chi connectivity index (χ1) is 12.5. The molecule has 0 N–H and O–H groups in total. The second kappa shape index (κ2) is 7.03. The van der Waals surface area contributed by atoms with Gasteiger partial charge in [-0.25, -0.2) is 0 Å². The van der Waals surface area contributed by atoms with Crippen LogP contribution in [-0.2, 0) is 4.79 Å². The summed E-state index contributed by atoms with van der Waals surface area (Å²) in [6.07, 6.45) is 1.55. The first kappa shape index (κ1) is 17.7. The van der Waals surface area contributed by atoms with Gasteiger partial charge in [-0.3, -0.25) is 14.4 Å². The van der Waals surface area contributed by atoms with Gasteiger partial charge in [-0.2, -0.15) is 0 Å². The summed E-state index contributed by atoms with van der Waals surface area (Å²) in [7, 11) is 1.41. The smallest absolute Gasteiger partial charge is 0.293 e. The standard InChI is InChI=1S/C19H20N2O5/c1-4-20-14-10-13(7-8-15(14)26-11-17(20)22)18(23)12(2)21-9-5-6-16(25-3)19(21)24/h5-10,12H,4,11H2,1-3H3. The highest BCUT2D eigenvalue weighted by molar-refractivity contribution is 6.03. The maximum absolute atomic E-state index is 12.9. The number of rotatable bonds is 5. The zero-order valence-corrected chi connectivity index (χ0v) is 14.9. The van der Waals surface area contributed by atoms with Gasteiger partial charge in [0.1, 0.15) is 5.75 Å². The van der Waals surface area contributed by atoms with Gasteiger partial charge in [-0.1, -0.05) is 0 Å². The molecule has 0 saturated carbocycles. The van der Waals surface area contributed by atoms with Crippen LogP contribution in [0.4, 0.5) is 5.69 Å². The number of hydrogen-bond acceptors (Lipinski definition) is 5. The fourth-order valence-corrected chi connectivity index (χ4v) is 3.02. The van der Waals surface area contributed by atoms with Crippen LogP contribution in [0.2, 0.25) is 0 Å².